The zero-order valence-corrected chi connectivity index (χ0v) is 29.8. The molecule has 0 aliphatic heterocycles. The van der Waals surface area contributed by atoms with Gasteiger partial charge in [0.15, 0.2) is 0 Å². The largest absolute Gasteiger partial charge is 0.444 e. The van der Waals surface area contributed by atoms with Crippen LogP contribution in [0.4, 0.5) is 9.59 Å². The average Bonchev–Trinajstić information content (AvgIpc) is 3.10. The van der Waals surface area contributed by atoms with Gasteiger partial charge in [0, 0.05) is 24.8 Å². The van der Waals surface area contributed by atoms with E-state index in [1.54, 1.807) is 45.8 Å². The van der Waals surface area contributed by atoms with Crippen LogP contribution in [0.15, 0.2) is 121 Å². The highest BCUT2D eigenvalue weighted by Gasteiger charge is 2.28. The van der Waals surface area contributed by atoms with E-state index in [0.29, 0.717) is 12.0 Å². The molecule has 0 aliphatic rings. The number of carbonyl (C=O) groups excluding carboxylic acids is 3. The second-order valence-corrected chi connectivity index (χ2v) is 13.3. The number of nitrogens with one attached hydrogen (secondary N) is 3. The predicted octanol–water partition coefficient (Wildman–Crippen LogP) is 6.30. The van der Waals surface area contributed by atoms with Gasteiger partial charge in [-0.3, -0.25) is 20.5 Å². The lowest BCUT2D eigenvalue weighted by Crippen LogP contribution is -2.54. The van der Waals surface area contributed by atoms with E-state index in [2.05, 4.69) is 21.0 Å². The molecule has 1 aromatic heterocycles. The molecule has 0 aliphatic carbocycles. The molecule has 2 atom stereocenters. The van der Waals surface area contributed by atoms with Crippen LogP contribution < -0.4 is 16.1 Å². The number of allylic oxidation sites excluding steroid dienone is 1. The molecule has 0 bridgehead atoms. The number of pyridine rings is 1. The molecule has 51 heavy (non-hydrogen) atoms. The maximum absolute atomic E-state index is 13.8. The Morgan fingerprint density at radius 3 is 2.02 bits per heavy atom. The summed E-state index contributed by atoms with van der Waals surface area (Å²) in [6.45, 7) is 8.81. The molecule has 11 heteroatoms. The second kappa shape index (κ2) is 18.5. The third-order valence-electron chi connectivity index (χ3n) is 7.59. The summed E-state index contributed by atoms with van der Waals surface area (Å²) in [5, 5.41) is 18.6. The predicted molar refractivity (Wildman–Crippen MR) is 196 cm³/mol. The van der Waals surface area contributed by atoms with E-state index in [0.717, 1.165) is 27.9 Å². The number of aliphatic hydroxyl groups excluding tert-OH is 1. The number of benzene rings is 3. The summed E-state index contributed by atoms with van der Waals surface area (Å²) in [6.07, 6.45) is -0.592. The summed E-state index contributed by atoms with van der Waals surface area (Å²) in [5.41, 5.74) is 6.93. The lowest BCUT2D eigenvalue weighted by Gasteiger charge is -2.31. The summed E-state index contributed by atoms with van der Waals surface area (Å²) in [4.78, 5) is 43.8. The normalized spacial score (nSPS) is 12.3. The van der Waals surface area contributed by atoms with Gasteiger partial charge in [-0.25, -0.2) is 14.6 Å². The highest BCUT2D eigenvalue weighted by Crippen LogP contribution is 2.18. The Labute approximate surface area is 299 Å². The molecular weight excluding hydrogens is 646 g/mol. The van der Waals surface area contributed by atoms with E-state index in [-0.39, 0.29) is 25.4 Å². The quantitative estimate of drug-likeness (QED) is 0.0891. The SMILES string of the molecule is CC(C)=C(NC(=O)OCc1ccccc1)C(=O)NN(Cc1ccc(-c2ccccn2)cc1)C[C@H](O)[C@H](Cc1ccccc1)NC(=O)OC(C)(C)C. The Hall–Kier alpha value is -5.52. The Morgan fingerprint density at radius 1 is 0.804 bits per heavy atom. The minimum atomic E-state index is -1.16. The summed E-state index contributed by atoms with van der Waals surface area (Å²) in [7, 11) is 0. The number of alkyl carbamates (subject to hydrolysis) is 2. The van der Waals surface area contributed by atoms with Crippen LogP contribution in [0, 0.1) is 0 Å². The molecular formula is C40H47N5O6. The van der Waals surface area contributed by atoms with E-state index in [1.165, 1.54) is 0 Å². The summed E-state index contributed by atoms with van der Waals surface area (Å²) < 4.78 is 10.9. The number of hydrogen-bond acceptors (Lipinski definition) is 8. The van der Waals surface area contributed by atoms with Crippen LogP contribution in [0.3, 0.4) is 0 Å². The van der Waals surface area contributed by atoms with Crippen LogP contribution >= 0.6 is 0 Å². The van der Waals surface area contributed by atoms with Crippen LogP contribution in [0.2, 0.25) is 0 Å². The van der Waals surface area contributed by atoms with Gasteiger partial charge in [-0.1, -0.05) is 91.0 Å². The monoisotopic (exact) mass is 693 g/mol. The first kappa shape index (κ1) is 38.3. The first-order valence-corrected chi connectivity index (χ1v) is 16.8. The Balaban J connectivity index is 1.55. The van der Waals surface area contributed by atoms with E-state index < -0.39 is 35.8 Å². The van der Waals surface area contributed by atoms with Crippen molar-refractivity contribution in [1.82, 2.24) is 26.1 Å². The van der Waals surface area contributed by atoms with Crippen LogP contribution in [0.25, 0.3) is 11.3 Å². The summed E-state index contributed by atoms with van der Waals surface area (Å²) >= 11 is 0. The number of rotatable bonds is 14. The van der Waals surface area contributed by atoms with Crippen LogP contribution in [0.1, 0.15) is 51.3 Å². The van der Waals surface area contributed by atoms with Crippen LogP contribution in [-0.2, 0) is 33.8 Å². The topological polar surface area (TPSA) is 142 Å². The van der Waals surface area contributed by atoms with Gasteiger partial charge in [0.2, 0.25) is 0 Å². The lowest BCUT2D eigenvalue weighted by atomic mass is 10.0. The van der Waals surface area contributed by atoms with Gasteiger partial charge in [0.1, 0.15) is 17.9 Å². The molecule has 11 nitrogen and oxygen atoms in total. The molecule has 0 radical (unpaired) electrons. The van der Waals surface area contributed by atoms with Gasteiger partial charge < -0.3 is 19.9 Å². The van der Waals surface area contributed by atoms with Gasteiger partial charge in [0.05, 0.1) is 17.8 Å². The number of amides is 3. The lowest BCUT2D eigenvalue weighted by molar-refractivity contribution is -0.123. The van der Waals surface area contributed by atoms with E-state index >= 15 is 0 Å². The number of hydrazine groups is 1. The third-order valence-corrected chi connectivity index (χ3v) is 7.59. The zero-order chi connectivity index (χ0) is 36.8. The fourth-order valence-corrected chi connectivity index (χ4v) is 5.12. The minimum Gasteiger partial charge on any atom is -0.444 e. The van der Waals surface area contributed by atoms with Crippen molar-refractivity contribution in [1.29, 1.82) is 0 Å². The van der Waals surface area contributed by atoms with Crippen LogP contribution in [0.5, 0.6) is 0 Å². The van der Waals surface area contributed by atoms with Crippen molar-refractivity contribution in [3.8, 4) is 11.3 Å². The first-order valence-electron chi connectivity index (χ1n) is 16.8. The maximum atomic E-state index is 13.8. The minimum absolute atomic E-state index is 0.00534. The Bertz CT molecular complexity index is 1740. The van der Waals surface area contributed by atoms with E-state index in [1.807, 2.05) is 103 Å². The molecule has 0 saturated heterocycles. The van der Waals surface area contributed by atoms with E-state index in [9.17, 15) is 19.5 Å². The number of aliphatic hydroxyl groups is 1. The number of hydrogen-bond donors (Lipinski definition) is 4. The molecule has 0 fully saturated rings. The second-order valence-electron chi connectivity index (χ2n) is 13.3. The zero-order valence-electron chi connectivity index (χ0n) is 29.8. The number of nitrogens with zero attached hydrogens (tertiary/aromatic N) is 2. The van der Waals surface area contributed by atoms with Crippen molar-refractivity contribution in [2.24, 2.45) is 0 Å². The van der Waals surface area contributed by atoms with Gasteiger partial charge >= 0.3 is 12.2 Å². The van der Waals surface area contributed by atoms with Gasteiger partial charge in [-0.15, -0.1) is 0 Å². The van der Waals surface area contributed by atoms with E-state index in [4.69, 9.17) is 9.47 Å². The molecule has 4 N–H and O–H groups in total. The summed E-state index contributed by atoms with van der Waals surface area (Å²) in [6, 6.07) is 31.3. The first-order chi connectivity index (χ1) is 24.4. The van der Waals surface area contributed by atoms with Crippen LogP contribution in [-0.4, -0.2) is 57.5 Å². The third kappa shape index (κ3) is 13.0. The smallest absolute Gasteiger partial charge is 0.412 e. The molecule has 0 spiro atoms. The number of aromatic nitrogens is 1. The van der Waals surface area contributed by atoms with Crippen molar-refractivity contribution in [2.45, 2.75) is 71.9 Å². The Morgan fingerprint density at radius 2 is 1.43 bits per heavy atom. The molecule has 4 aromatic rings. The number of carbonyl (C=O) groups is 3. The molecule has 4 rings (SSSR count). The molecule has 268 valence electrons. The molecule has 3 aromatic carbocycles. The highest BCUT2D eigenvalue weighted by molar-refractivity contribution is 5.96. The standard InChI is InChI=1S/C40H47N5O6/c1-28(2)36(43-38(48)50-27-31-16-10-7-11-17-31)37(47)44-45(25-30-19-21-32(22-20-30)33-18-12-13-23-41-33)26-35(46)34(24-29-14-8-6-9-15-29)42-39(49)51-40(3,4)5/h6-23,34-35,46H,24-27H2,1-5H3,(H,42,49)(H,43,48)(H,44,47)/t34-,35-/m0/s1. The number of ether oxygens (including phenoxy) is 2. The van der Waals surface area contributed by atoms with Crippen molar-refractivity contribution < 1.29 is 29.0 Å². The van der Waals surface area contributed by atoms with Gasteiger partial charge in [0.25, 0.3) is 5.91 Å². The highest BCUT2D eigenvalue weighted by atomic mass is 16.6. The van der Waals surface area contributed by atoms with Crippen molar-refractivity contribution >= 4 is 18.1 Å². The molecule has 1 heterocycles. The average molecular weight is 694 g/mol. The van der Waals surface area contributed by atoms with Gasteiger partial charge in [-0.2, -0.15) is 0 Å². The maximum Gasteiger partial charge on any atom is 0.412 e. The van der Waals surface area contributed by atoms with Crippen molar-refractivity contribution in [2.75, 3.05) is 6.54 Å². The Kier molecular flexibility index (Phi) is 13.9. The fourth-order valence-electron chi connectivity index (χ4n) is 5.12. The van der Waals surface area contributed by atoms with Crippen molar-refractivity contribution in [3.05, 3.63) is 137 Å². The molecule has 0 saturated carbocycles. The molecule has 0 unspecified atom stereocenters. The fraction of sp³-hybridized carbons (Fsp3) is 0.300. The van der Waals surface area contributed by atoms with Gasteiger partial charge in [-0.05, 0) is 75.4 Å². The molecule has 3 amide bonds. The van der Waals surface area contributed by atoms with Crippen molar-refractivity contribution in [3.63, 3.8) is 0 Å². The summed E-state index contributed by atoms with van der Waals surface area (Å²) in [5.74, 6) is -0.608.